The molecule has 0 saturated heterocycles. The van der Waals surface area contributed by atoms with Gasteiger partial charge in [-0.1, -0.05) is 11.6 Å². The lowest BCUT2D eigenvalue weighted by Gasteiger charge is -2.70. The van der Waals surface area contributed by atoms with E-state index in [4.69, 9.17) is 21.1 Å². The summed E-state index contributed by atoms with van der Waals surface area (Å²) in [7, 11) is 0. The number of alkyl halides is 3. The van der Waals surface area contributed by atoms with Crippen LogP contribution in [0.25, 0.3) is 0 Å². The number of nitrogens with zero attached hydrogens (tertiary/aromatic N) is 2. The molecule has 0 spiro atoms. The fraction of sp³-hybridized carbons (Fsp3) is 0.545. The number of amides is 1. The third kappa shape index (κ3) is 4.32. The highest BCUT2D eigenvalue weighted by Gasteiger charge is 2.70. The van der Waals surface area contributed by atoms with Crippen LogP contribution in [0.5, 0.6) is 11.5 Å². The summed E-state index contributed by atoms with van der Waals surface area (Å²) in [5.41, 5.74) is -0.0375. The van der Waals surface area contributed by atoms with Crippen molar-refractivity contribution in [3.8, 4) is 11.5 Å². The molecule has 1 aromatic heterocycles. The van der Waals surface area contributed by atoms with Crippen molar-refractivity contribution in [2.75, 3.05) is 6.61 Å². The van der Waals surface area contributed by atoms with Gasteiger partial charge in [0.25, 0.3) is 5.91 Å². The van der Waals surface area contributed by atoms with Crippen molar-refractivity contribution in [1.29, 1.82) is 0 Å². The molecule has 12 heteroatoms. The Hall–Kier alpha value is -2.50. The number of hydrogen-bond donors (Lipinski definition) is 2. The van der Waals surface area contributed by atoms with E-state index in [0.29, 0.717) is 41.3 Å². The topological polar surface area (TPSA) is 94.8 Å². The monoisotopic (exact) mass is 501 g/mol. The molecule has 34 heavy (non-hydrogen) atoms. The lowest BCUT2D eigenvalue weighted by atomic mass is 9.44. The van der Waals surface area contributed by atoms with E-state index in [0.717, 1.165) is 0 Å². The SMILES string of the molecule is C[C@H](COc1cnn(C23CC(NC(=O)[C@H]4C[C@@H](O)c5cc(Cl)ccc5O4)(C2)C3)c1)OC(F)(F)F. The van der Waals surface area contributed by atoms with Gasteiger partial charge in [-0.05, 0) is 44.4 Å². The van der Waals surface area contributed by atoms with Crippen LogP contribution in [0.3, 0.4) is 0 Å². The van der Waals surface area contributed by atoms with Crippen LogP contribution >= 0.6 is 11.6 Å². The number of aromatic nitrogens is 2. The summed E-state index contributed by atoms with van der Waals surface area (Å²) in [4.78, 5) is 12.8. The Balaban J connectivity index is 1.13. The number of aliphatic hydroxyl groups is 1. The number of rotatable bonds is 7. The van der Waals surface area contributed by atoms with E-state index in [2.05, 4.69) is 15.2 Å². The Bertz CT molecular complexity index is 1090. The summed E-state index contributed by atoms with van der Waals surface area (Å²) in [6, 6.07) is 4.92. The van der Waals surface area contributed by atoms with Gasteiger partial charge in [0, 0.05) is 22.5 Å². The number of carbonyl (C=O) groups excluding carboxylic acids is 1. The smallest absolute Gasteiger partial charge is 0.488 e. The molecule has 0 unspecified atom stereocenters. The minimum absolute atomic E-state index is 0.136. The van der Waals surface area contributed by atoms with Gasteiger partial charge >= 0.3 is 6.36 Å². The number of ether oxygens (including phenoxy) is 3. The minimum Gasteiger partial charge on any atom is -0.488 e. The molecule has 3 atom stereocenters. The lowest BCUT2D eigenvalue weighted by Crippen LogP contribution is -2.79. The highest BCUT2D eigenvalue weighted by molar-refractivity contribution is 6.30. The molecule has 2 aromatic rings. The van der Waals surface area contributed by atoms with Crippen molar-refractivity contribution in [1.82, 2.24) is 15.1 Å². The molecule has 4 aliphatic rings. The van der Waals surface area contributed by atoms with Gasteiger partial charge in [0.1, 0.15) is 12.4 Å². The Morgan fingerprint density at radius 1 is 1.41 bits per heavy atom. The zero-order chi connectivity index (χ0) is 24.3. The number of hydrogen-bond acceptors (Lipinski definition) is 6. The number of benzene rings is 1. The number of carbonyl (C=O) groups is 1. The third-order valence-corrected chi connectivity index (χ3v) is 6.82. The van der Waals surface area contributed by atoms with Crippen molar-refractivity contribution in [3.05, 3.63) is 41.2 Å². The fourth-order valence-corrected chi connectivity index (χ4v) is 5.33. The van der Waals surface area contributed by atoms with Gasteiger partial charge in [-0.15, -0.1) is 13.2 Å². The maximum atomic E-state index is 12.8. The van der Waals surface area contributed by atoms with Crippen LogP contribution in [0.2, 0.25) is 5.02 Å². The minimum atomic E-state index is -4.71. The number of halogens is 4. The van der Waals surface area contributed by atoms with Crippen molar-refractivity contribution < 1.29 is 37.3 Å². The van der Waals surface area contributed by atoms with Crippen LogP contribution < -0.4 is 14.8 Å². The molecule has 3 saturated carbocycles. The predicted molar refractivity (Wildman–Crippen MR) is 112 cm³/mol. The first-order valence-electron chi connectivity index (χ1n) is 10.8. The Labute approximate surface area is 197 Å². The van der Waals surface area contributed by atoms with Crippen LogP contribution in [0.1, 0.15) is 44.3 Å². The van der Waals surface area contributed by atoms with E-state index in [-0.39, 0.29) is 30.0 Å². The molecule has 2 heterocycles. The van der Waals surface area contributed by atoms with Gasteiger partial charge in [0.05, 0.1) is 30.1 Å². The molecular weight excluding hydrogens is 479 g/mol. The normalized spacial score (nSPS) is 30.3. The van der Waals surface area contributed by atoms with Gasteiger partial charge in [-0.25, -0.2) is 0 Å². The van der Waals surface area contributed by atoms with Crippen molar-refractivity contribution in [2.24, 2.45) is 0 Å². The standard InChI is InChI=1S/C22H23ClF3N3O5/c1-12(34-22(24,25)26)8-32-14-6-27-29(7-14)21-9-20(10-21,11-21)28-19(31)18-5-16(30)15-4-13(23)2-3-17(15)33-18/h2-4,6-7,12,16,18,30H,5,8-11H2,1H3,(H,28,31)/t12-,16-,18-,20?,21?/m1/s1. The first kappa shape index (κ1) is 23.3. The molecule has 184 valence electrons. The van der Waals surface area contributed by atoms with Gasteiger partial charge in [0.2, 0.25) is 0 Å². The summed E-state index contributed by atoms with van der Waals surface area (Å²) >= 11 is 5.97. The molecule has 6 rings (SSSR count). The third-order valence-electron chi connectivity index (χ3n) is 6.58. The number of aliphatic hydroxyl groups excluding tert-OH is 1. The second kappa shape index (κ2) is 8.03. The van der Waals surface area contributed by atoms with Gasteiger partial charge < -0.3 is 19.9 Å². The van der Waals surface area contributed by atoms with Crippen LogP contribution in [0, 0.1) is 0 Å². The first-order chi connectivity index (χ1) is 16.0. The maximum Gasteiger partial charge on any atom is 0.522 e. The Morgan fingerprint density at radius 3 is 2.85 bits per heavy atom. The van der Waals surface area contributed by atoms with Gasteiger partial charge in [0.15, 0.2) is 11.9 Å². The van der Waals surface area contributed by atoms with Crippen LogP contribution in [0.15, 0.2) is 30.6 Å². The van der Waals surface area contributed by atoms with E-state index in [1.54, 1.807) is 29.1 Å². The summed E-state index contributed by atoms with van der Waals surface area (Å²) in [6.45, 7) is 1.01. The molecule has 1 aliphatic heterocycles. The van der Waals surface area contributed by atoms with Crippen molar-refractivity contribution in [3.63, 3.8) is 0 Å². The second-order valence-corrected chi connectivity index (χ2v) is 9.81. The quantitative estimate of drug-likeness (QED) is 0.603. The van der Waals surface area contributed by atoms with E-state index in [1.807, 2.05) is 0 Å². The summed E-state index contributed by atoms with van der Waals surface area (Å²) in [5, 5.41) is 18.2. The molecule has 1 aromatic carbocycles. The molecule has 1 amide bonds. The predicted octanol–water partition coefficient (Wildman–Crippen LogP) is 3.47. The Morgan fingerprint density at radius 2 is 2.15 bits per heavy atom. The molecule has 3 aliphatic carbocycles. The summed E-state index contributed by atoms with van der Waals surface area (Å²) < 4.78 is 53.5. The molecule has 8 nitrogen and oxygen atoms in total. The van der Waals surface area contributed by atoms with Gasteiger partial charge in [-0.3, -0.25) is 14.2 Å². The van der Waals surface area contributed by atoms with Crippen LogP contribution in [-0.4, -0.2) is 51.5 Å². The fourth-order valence-electron chi connectivity index (χ4n) is 5.15. The molecule has 2 bridgehead atoms. The average molecular weight is 502 g/mol. The molecule has 3 fully saturated rings. The number of fused-ring (bicyclic) bond motifs is 1. The highest BCUT2D eigenvalue weighted by Crippen LogP contribution is 2.65. The maximum absolute atomic E-state index is 12.8. The Kier molecular flexibility index (Phi) is 5.49. The zero-order valence-electron chi connectivity index (χ0n) is 18.1. The van der Waals surface area contributed by atoms with Gasteiger partial charge in [-0.2, -0.15) is 5.10 Å². The second-order valence-electron chi connectivity index (χ2n) is 9.37. The zero-order valence-corrected chi connectivity index (χ0v) is 18.9. The molecule has 2 N–H and O–H groups in total. The van der Waals surface area contributed by atoms with Crippen LogP contribution in [0.4, 0.5) is 13.2 Å². The summed E-state index contributed by atoms with van der Waals surface area (Å²) in [6.07, 6.45) is -2.27. The highest BCUT2D eigenvalue weighted by atomic mass is 35.5. The average Bonchev–Trinajstić information content (AvgIpc) is 3.15. The van der Waals surface area contributed by atoms with E-state index >= 15 is 0 Å². The summed E-state index contributed by atoms with van der Waals surface area (Å²) in [5.74, 6) is 0.510. The van der Waals surface area contributed by atoms with E-state index in [1.165, 1.54) is 13.1 Å². The van der Waals surface area contributed by atoms with E-state index in [9.17, 15) is 23.1 Å². The molecular formula is C22H23ClF3N3O5. The van der Waals surface area contributed by atoms with Crippen molar-refractivity contribution in [2.45, 2.75) is 68.4 Å². The number of nitrogens with one attached hydrogen (secondary N) is 1. The van der Waals surface area contributed by atoms with E-state index < -0.39 is 24.7 Å². The molecule has 0 radical (unpaired) electrons. The largest absolute Gasteiger partial charge is 0.522 e. The lowest BCUT2D eigenvalue weighted by molar-refractivity contribution is -0.342. The first-order valence-corrected chi connectivity index (χ1v) is 11.2. The van der Waals surface area contributed by atoms with Crippen molar-refractivity contribution >= 4 is 17.5 Å². The van der Waals surface area contributed by atoms with Crippen LogP contribution in [-0.2, 0) is 15.1 Å².